The van der Waals surface area contributed by atoms with Crippen LogP contribution in [0.25, 0.3) is 6.08 Å². The lowest BCUT2D eigenvalue weighted by molar-refractivity contribution is -0.314. The molecule has 1 aromatic rings. The molecule has 0 aromatic heterocycles. The van der Waals surface area contributed by atoms with Crippen LogP contribution in [0.15, 0.2) is 41.5 Å². The number of hydrogen-bond donors (Lipinski definition) is 3. The van der Waals surface area contributed by atoms with Gasteiger partial charge in [-0.25, -0.2) is 22.8 Å². The van der Waals surface area contributed by atoms with E-state index >= 15 is 0 Å². The van der Waals surface area contributed by atoms with Crippen molar-refractivity contribution in [3.63, 3.8) is 0 Å². The number of carbonyl (C=O) groups excluding carboxylic acids is 3. The second-order valence-electron chi connectivity index (χ2n) is 14.9. The highest BCUT2D eigenvalue weighted by molar-refractivity contribution is 5.88. The zero-order chi connectivity index (χ0) is 35.6. The molecule has 3 saturated carbocycles. The van der Waals surface area contributed by atoms with E-state index < -0.39 is 80.9 Å². The molecule has 4 aliphatic rings. The molecule has 1 aromatic carbocycles. The van der Waals surface area contributed by atoms with E-state index in [0.29, 0.717) is 19.3 Å². The number of esters is 2. The Kier molecular flexibility index (Phi) is 9.19. The lowest BCUT2D eigenvalue weighted by Gasteiger charge is -2.67. The summed E-state index contributed by atoms with van der Waals surface area (Å²) in [7, 11) is 0. The molecule has 0 unspecified atom stereocenters. The number of hydrogen-bond acceptors (Lipinski definition) is 8. The largest absolute Gasteiger partial charge is 0.459 e. The molecule has 0 heterocycles. The Morgan fingerprint density at radius 2 is 1.65 bits per heavy atom. The molecule has 0 bridgehead atoms. The summed E-state index contributed by atoms with van der Waals surface area (Å²) in [6.07, 6.45) is 4.39. The summed E-state index contributed by atoms with van der Waals surface area (Å²) in [6, 6.07) is 1.77. The minimum absolute atomic E-state index is 0.00827. The summed E-state index contributed by atoms with van der Waals surface area (Å²) < 4.78 is 52.6. The second-order valence-corrected chi connectivity index (χ2v) is 14.9. The molecule has 0 amide bonds. The third kappa shape index (κ3) is 5.28. The van der Waals surface area contributed by atoms with E-state index in [-0.39, 0.29) is 37.2 Å². The van der Waals surface area contributed by atoms with Crippen molar-refractivity contribution in [2.24, 2.45) is 22.7 Å². The van der Waals surface area contributed by atoms with E-state index in [4.69, 9.17) is 9.47 Å². The van der Waals surface area contributed by atoms with Crippen molar-refractivity contribution in [1.82, 2.24) is 0 Å². The lowest BCUT2D eigenvalue weighted by atomic mass is 9.42. The first-order valence-electron chi connectivity index (χ1n) is 16.5. The van der Waals surface area contributed by atoms with Crippen molar-refractivity contribution >= 4 is 23.8 Å². The zero-order valence-corrected chi connectivity index (χ0v) is 28.2. The van der Waals surface area contributed by atoms with Crippen LogP contribution >= 0.6 is 0 Å². The molecule has 3 fully saturated rings. The molecule has 3 N–H and O–H groups in total. The maximum Gasteiger partial charge on any atom is 0.331 e. The monoisotopic (exact) mass is 674 g/mol. The molecule has 0 saturated heterocycles. The number of halogens is 3. The number of ether oxygens (including phenoxy) is 2. The maximum absolute atomic E-state index is 14.0. The number of Topliss-reactive ketones (excluding diaryl/α,β-unsaturated/α-hetero) is 1. The van der Waals surface area contributed by atoms with E-state index in [0.717, 1.165) is 35.4 Å². The summed E-state index contributed by atoms with van der Waals surface area (Å²) in [6.45, 7) is 10.4. The van der Waals surface area contributed by atoms with Gasteiger partial charge < -0.3 is 24.8 Å². The molecule has 0 radical (unpaired) electrons. The van der Waals surface area contributed by atoms with Gasteiger partial charge in [0.25, 0.3) is 0 Å². The van der Waals surface area contributed by atoms with Crippen LogP contribution in [-0.2, 0) is 23.9 Å². The summed E-state index contributed by atoms with van der Waals surface area (Å²) in [5, 5.41) is 37.0. The van der Waals surface area contributed by atoms with Gasteiger partial charge in [-0.15, -0.1) is 0 Å². The Morgan fingerprint density at radius 1 is 0.958 bits per heavy atom. The van der Waals surface area contributed by atoms with Gasteiger partial charge in [0.15, 0.2) is 23.2 Å². The summed E-state index contributed by atoms with van der Waals surface area (Å²) in [5.41, 5.74) is -6.96. The molecule has 48 heavy (non-hydrogen) atoms. The number of aliphatic hydroxyl groups is 3. The van der Waals surface area contributed by atoms with Crippen molar-refractivity contribution < 1.29 is 52.3 Å². The molecular weight excluding hydrogens is 629 g/mol. The Hall–Kier alpha value is -3.28. The van der Waals surface area contributed by atoms with Gasteiger partial charge in [-0.1, -0.05) is 38.0 Å². The SMILES string of the molecule is CC(=O)[C@]1(O)CC[C@@]2(O)[C@]1(C)[C@H](OC(=O)/C=C(\C)C(C)C)C[C@@H]1[C@@]3(C)CC[C@H](OC(=O)/C=C/c4ccc(F)c(F)c4F)CC3=CC[C@]12O. The van der Waals surface area contributed by atoms with Crippen LogP contribution in [0.1, 0.15) is 92.1 Å². The summed E-state index contributed by atoms with van der Waals surface area (Å²) in [4.78, 5) is 38.9. The zero-order valence-electron chi connectivity index (χ0n) is 28.2. The lowest BCUT2D eigenvalue weighted by Crippen LogP contribution is -2.78. The number of rotatable bonds is 7. The molecule has 8 atom stereocenters. The molecule has 5 rings (SSSR count). The molecule has 0 aliphatic heterocycles. The van der Waals surface area contributed by atoms with Gasteiger partial charge >= 0.3 is 11.9 Å². The molecule has 262 valence electrons. The third-order valence-electron chi connectivity index (χ3n) is 12.4. The molecule has 11 heteroatoms. The highest BCUT2D eigenvalue weighted by atomic mass is 19.2. The van der Waals surface area contributed by atoms with Gasteiger partial charge in [0.1, 0.15) is 29.0 Å². The van der Waals surface area contributed by atoms with Crippen LogP contribution < -0.4 is 0 Å². The van der Waals surface area contributed by atoms with E-state index in [2.05, 4.69) is 0 Å². The predicted octanol–water partition coefficient (Wildman–Crippen LogP) is 5.67. The number of benzene rings is 1. The van der Waals surface area contributed by atoms with Crippen LogP contribution in [0, 0.1) is 40.1 Å². The maximum atomic E-state index is 14.0. The molecular formula is C37H45F3O8. The Balaban J connectivity index is 1.43. The normalized spacial score (nSPS) is 37.8. The van der Waals surface area contributed by atoms with Crippen molar-refractivity contribution in [2.75, 3.05) is 0 Å². The first-order valence-corrected chi connectivity index (χ1v) is 16.5. The minimum Gasteiger partial charge on any atom is -0.459 e. The van der Waals surface area contributed by atoms with E-state index in [1.54, 1.807) is 6.92 Å². The van der Waals surface area contributed by atoms with Crippen molar-refractivity contribution in [2.45, 2.75) is 115 Å². The fourth-order valence-electron chi connectivity index (χ4n) is 9.01. The predicted molar refractivity (Wildman–Crippen MR) is 169 cm³/mol. The van der Waals surface area contributed by atoms with Gasteiger partial charge in [0.2, 0.25) is 0 Å². The average Bonchev–Trinajstić information content (AvgIpc) is 3.25. The van der Waals surface area contributed by atoms with E-state index in [9.17, 15) is 42.9 Å². The Labute approximate surface area is 278 Å². The van der Waals surface area contributed by atoms with Crippen LogP contribution in [0.3, 0.4) is 0 Å². The summed E-state index contributed by atoms with van der Waals surface area (Å²) >= 11 is 0. The van der Waals surface area contributed by atoms with Crippen LogP contribution in [0.4, 0.5) is 13.2 Å². The number of fused-ring (bicyclic) bond motifs is 5. The molecule has 4 aliphatic carbocycles. The standard InChI is InChI=1S/C37H45F3O8/c1-20(2)21(3)17-30(43)48-28-19-27-33(5)13-12-25(47-29(42)10-8-23-7-9-26(38)32(40)31(23)39)18-24(33)11-14-36(27,45)37(46)16-15-35(44,22(4)41)34(28,37)6/h7-11,17,20,25,27-28,44-46H,12-16,18-19H2,1-6H3/b10-8+,21-17+/t25-,27+,28+,33-,34+,35+,36-,37+/m0/s1. The van der Waals surface area contributed by atoms with Gasteiger partial charge in [-0.2, -0.15) is 0 Å². The van der Waals surface area contributed by atoms with E-state index in [1.165, 1.54) is 19.9 Å². The first kappa shape index (κ1) is 36.0. The average molecular weight is 675 g/mol. The second kappa shape index (κ2) is 12.2. The number of carbonyl (C=O) groups is 3. The topological polar surface area (TPSA) is 130 Å². The van der Waals surface area contributed by atoms with E-state index in [1.807, 2.05) is 26.8 Å². The van der Waals surface area contributed by atoms with Crippen LogP contribution in [0.2, 0.25) is 0 Å². The van der Waals surface area contributed by atoms with Crippen molar-refractivity contribution in [3.05, 3.63) is 64.5 Å². The molecule has 0 spiro atoms. The third-order valence-corrected chi connectivity index (χ3v) is 12.4. The quantitative estimate of drug-likeness (QED) is 0.146. The smallest absolute Gasteiger partial charge is 0.331 e. The van der Waals surface area contributed by atoms with Crippen molar-refractivity contribution in [3.8, 4) is 0 Å². The van der Waals surface area contributed by atoms with Gasteiger partial charge in [-0.05, 0) is 88.8 Å². The minimum atomic E-state index is -2.06. The highest BCUT2D eigenvalue weighted by Gasteiger charge is 2.81. The van der Waals surface area contributed by atoms with Crippen molar-refractivity contribution in [1.29, 1.82) is 0 Å². The Bertz CT molecular complexity index is 1620. The van der Waals surface area contributed by atoms with Gasteiger partial charge in [0.05, 0.1) is 5.41 Å². The van der Waals surface area contributed by atoms with Gasteiger partial charge in [0, 0.05) is 30.1 Å². The Morgan fingerprint density at radius 3 is 2.29 bits per heavy atom. The first-order chi connectivity index (χ1) is 22.2. The summed E-state index contributed by atoms with van der Waals surface area (Å²) in [5.74, 6) is -7.04. The number of ketones is 1. The fraction of sp³-hybridized carbons (Fsp3) is 0.595. The van der Waals surface area contributed by atoms with Crippen LogP contribution in [0.5, 0.6) is 0 Å². The van der Waals surface area contributed by atoms with Gasteiger partial charge in [-0.3, -0.25) is 4.79 Å². The molecule has 8 nitrogen and oxygen atoms in total. The fourth-order valence-corrected chi connectivity index (χ4v) is 9.01. The van der Waals surface area contributed by atoms with Crippen LogP contribution in [-0.4, -0.2) is 62.1 Å². The highest BCUT2D eigenvalue weighted by Crippen LogP contribution is 2.71. The number of allylic oxidation sites excluding steroid dienone is 1.